The van der Waals surface area contributed by atoms with Gasteiger partial charge in [-0.1, -0.05) is 17.7 Å². The van der Waals surface area contributed by atoms with E-state index in [9.17, 15) is 18.8 Å². The second kappa shape index (κ2) is 8.48. The number of fused-ring (bicyclic) bond motifs is 1. The summed E-state index contributed by atoms with van der Waals surface area (Å²) in [5.41, 5.74) is 11.4. The standard InChI is InChI=1S/C23H17ClF2N8O/c24-16-4-1-3-14-18(16)30-21(34(22(14)35)13-8-11(25)7-12(26)9-13)17-5-2-6-33(17)20-15(10-27)19(28)31-23(29)32-20/h1,3-4,7-9,17H,2,5-6H2,(H4,28,29,31,32). The number of hydrogen-bond donors (Lipinski definition) is 2. The van der Waals surface area contributed by atoms with Crippen LogP contribution in [0, 0.1) is 23.0 Å². The van der Waals surface area contributed by atoms with Crippen LogP contribution in [-0.2, 0) is 0 Å². The van der Waals surface area contributed by atoms with Crippen molar-refractivity contribution in [3.63, 3.8) is 0 Å². The number of nitriles is 1. The highest BCUT2D eigenvalue weighted by molar-refractivity contribution is 6.35. The first kappa shape index (κ1) is 22.5. The quantitative estimate of drug-likeness (QED) is 0.441. The molecule has 3 heterocycles. The zero-order valence-electron chi connectivity index (χ0n) is 18.0. The van der Waals surface area contributed by atoms with E-state index in [1.54, 1.807) is 23.1 Å². The molecular formula is C23H17ClF2N8O. The Kier molecular flexibility index (Phi) is 5.45. The first-order chi connectivity index (χ1) is 16.8. The maximum Gasteiger partial charge on any atom is 0.266 e. The van der Waals surface area contributed by atoms with Crippen LogP contribution < -0.4 is 21.9 Å². The minimum atomic E-state index is -0.851. The van der Waals surface area contributed by atoms with E-state index >= 15 is 0 Å². The molecule has 1 aliphatic rings. The van der Waals surface area contributed by atoms with Crippen molar-refractivity contribution in [3.8, 4) is 11.8 Å². The van der Waals surface area contributed by atoms with Gasteiger partial charge in [0.05, 0.1) is 27.7 Å². The highest BCUT2D eigenvalue weighted by Crippen LogP contribution is 2.38. The van der Waals surface area contributed by atoms with Gasteiger partial charge in [-0.05, 0) is 37.1 Å². The van der Waals surface area contributed by atoms with Crippen LogP contribution in [0.4, 0.5) is 26.4 Å². The number of halogens is 3. The number of nitrogen functional groups attached to an aromatic ring is 2. The SMILES string of the molecule is N#Cc1c(N)nc(N)nc1N1CCCC1c1nc2c(Cl)cccc2c(=O)n1-c1cc(F)cc(F)c1. The molecule has 4 aromatic rings. The predicted molar refractivity (Wildman–Crippen MR) is 127 cm³/mol. The van der Waals surface area contributed by atoms with E-state index < -0.39 is 23.2 Å². The van der Waals surface area contributed by atoms with Crippen molar-refractivity contribution in [1.82, 2.24) is 19.5 Å². The van der Waals surface area contributed by atoms with Crippen LogP contribution in [-0.4, -0.2) is 26.1 Å². The lowest BCUT2D eigenvalue weighted by atomic mass is 10.1. The Morgan fingerprint density at radius 3 is 2.57 bits per heavy atom. The molecule has 1 fully saturated rings. The topological polar surface area (TPSA) is 140 Å². The summed E-state index contributed by atoms with van der Waals surface area (Å²) in [4.78, 5) is 28.1. The lowest BCUT2D eigenvalue weighted by molar-refractivity contribution is 0.577. The summed E-state index contributed by atoms with van der Waals surface area (Å²) in [6.45, 7) is 0.434. The van der Waals surface area contributed by atoms with E-state index in [4.69, 9.17) is 23.1 Å². The predicted octanol–water partition coefficient (Wildman–Crippen LogP) is 3.48. The minimum Gasteiger partial charge on any atom is -0.382 e. The van der Waals surface area contributed by atoms with E-state index in [1.807, 2.05) is 6.07 Å². The molecule has 0 radical (unpaired) electrons. The van der Waals surface area contributed by atoms with Crippen LogP contribution in [0.5, 0.6) is 0 Å². The average molecular weight is 495 g/mol. The molecule has 0 amide bonds. The summed E-state index contributed by atoms with van der Waals surface area (Å²) >= 11 is 6.36. The van der Waals surface area contributed by atoms with Crippen LogP contribution in [0.2, 0.25) is 5.02 Å². The molecule has 0 bridgehead atoms. The third-order valence-corrected chi connectivity index (χ3v) is 6.16. The second-order valence-corrected chi connectivity index (χ2v) is 8.41. The maximum absolute atomic E-state index is 14.2. The van der Waals surface area contributed by atoms with Crippen LogP contribution in [0.3, 0.4) is 0 Å². The zero-order chi connectivity index (χ0) is 24.9. The number of anilines is 3. The van der Waals surface area contributed by atoms with E-state index in [0.29, 0.717) is 25.5 Å². The van der Waals surface area contributed by atoms with Crippen LogP contribution >= 0.6 is 11.6 Å². The molecule has 1 atom stereocenters. The molecule has 2 aromatic heterocycles. The van der Waals surface area contributed by atoms with Crippen molar-refractivity contribution in [2.75, 3.05) is 22.9 Å². The number of rotatable bonds is 3. The third-order valence-electron chi connectivity index (χ3n) is 5.85. The van der Waals surface area contributed by atoms with Gasteiger partial charge in [0, 0.05) is 12.6 Å². The first-order valence-corrected chi connectivity index (χ1v) is 10.9. The molecule has 5 rings (SSSR count). The van der Waals surface area contributed by atoms with Gasteiger partial charge in [0.25, 0.3) is 5.56 Å². The number of nitrogens with zero attached hydrogens (tertiary/aromatic N) is 6. The largest absolute Gasteiger partial charge is 0.382 e. The van der Waals surface area contributed by atoms with E-state index in [2.05, 4.69) is 15.0 Å². The van der Waals surface area contributed by atoms with Gasteiger partial charge >= 0.3 is 0 Å². The Bertz CT molecular complexity index is 1580. The average Bonchev–Trinajstić information content (AvgIpc) is 3.28. The van der Waals surface area contributed by atoms with Crippen molar-refractivity contribution < 1.29 is 8.78 Å². The Morgan fingerprint density at radius 2 is 1.86 bits per heavy atom. The smallest absolute Gasteiger partial charge is 0.266 e. The fraction of sp³-hybridized carbons (Fsp3) is 0.174. The highest BCUT2D eigenvalue weighted by Gasteiger charge is 2.34. The number of aromatic nitrogens is 4. The summed E-state index contributed by atoms with van der Waals surface area (Å²) in [6.07, 6.45) is 1.14. The molecule has 0 spiro atoms. The van der Waals surface area contributed by atoms with Gasteiger partial charge in [-0.15, -0.1) is 0 Å². The third kappa shape index (κ3) is 3.77. The van der Waals surface area contributed by atoms with E-state index in [-0.39, 0.29) is 50.6 Å². The molecule has 4 N–H and O–H groups in total. The summed E-state index contributed by atoms with van der Waals surface area (Å²) in [5, 5.41) is 10.1. The molecule has 1 saturated heterocycles. The lowest BCUT2D eigenvalue weighted by Crippen LogP contribution is -2.32. The molecule has 2 aromatic carbocycles. The Labute approximate surface area is 202 Å². The van der Waals surface area contributed by atoms with Crippen molar-refractivity contribution in [2.24, 2.45) is 0 Å². The van der Waals surface area contributed by atoms with E-state index in [0.717, 1.165) is 16.7 Å². The normalized spacial score (nSPS) is 15.5. The van der Waals surface area contributed by atoms with Crippen molar-refractivity contribution >= 4 is 40.1 Å². The number of benzene rings is 2. The summed E-state index contributed by atoms with van der Waals surface area (Å²) in [6, 6.07) is 8.92. The van der Waals surface area contributed by atoms with Crippen LogP contribution in [0.15, 0.2) is 41.2 Å². The fourth-order valence-corrected chi connectivity index (χ4v) is 4.64. The molecule has 0 saturated carbocycles. The van der Waals surface area contributed by atoms with Gasteiger partial charge < -0.3 is 16.4 Å². The van der Waals surface area contributed by atoms with Gasteiger partial charge in [0.1, 0.15) is 34.9 Å². The molecule has 35 heavy (non-hydrogen) atoms. The van der Waals surface area contributed by atoms with Crippen molar-refractivity contribution in [1.29, 1.82) is 5.26 Å². The summed E-state index contributed by atoms with van der Waals surface area (Å²) < 4.78 is 29.5. The van der Waals surface area contributed by atoms with Crippen LogP contribution in [0.1, 0.15) is 30.3 Å². The van der Waals surface area contributed by atoms with Crippen LogP contribution in [0.25, 0.3) is 16.6 Å². The lowest BCUT2D eigenvalue weighted by Gasteiger charge is -2.28. The molecular weight excluding hydrogens is 478 g/mol. The zero-order valence-corrected chi connectivity index (χ0v) is 18.8. The van der Waals surface area contributed by atoms with Gasteiger partial charge in [0.2, 0.25) is 5.95 Å². The number of para-hydroxylation sites is 1. The number of hydrogen-bond acceptors (Lipinski definition) is 8. The molecule has 1 aliphatic heterocycles. The maximum atomic E-state index is 14.2. The monoisotopic (exact) mass is 494 g/mol. The second-order valence-electron chi connectivity index (χ2n) is 8.00. The molecule has 9 nitrogen and oxygen atoms in total. The first-order valence-electron chi connectivity index (χ1n) is 10.6. The highest BCUT2D eigenvalue weighted by atomic mass is 35.5. The summed E-state index contributed by atoms with van der Waals surface area (Å²) in [5.74, 6) is -1.55. The Morgan fingerprint density at radius 1 is 1.11 bits per heavy atom. The van der Waals surface area contributed by atoms with Crippen molar-refractivity contribution in [2.45, 2.75) is 18.9 Å². The Balaban J connectivity index is 1.81. The van der Waals surface area contributed by atoms with Gasteiger partial charge in [-0.3, -0.25) is 9.36 Å². The van der Waals surface area contributed by atoms with Gasteiger partial charge in [0.15, 0.2) is 5.82 Å². The van der Waals surface area contributed by atoms with E-state index in [1.165, 1.54) is 0 Å². The van der Waals surface area contributed by atoms with Gasteiger partial charge in [-0.2, -0.15) is 15.2 Å². The molecule has 0 aliphatic carbocycles. The minimum absolute atomic E-state index is 0.0237. The number of nitrogens with two attached hydrogens (primary N) is 2. The summed E-state index contributed by atoms with van der Waals surface area (Å²) in [7, 11) is 0. The molecule has 176 valence electrons. The molecule has 12 heteroatoms. The molecule has 1 unspecified atom stereocenters. The fourth-order valence-electron chi connectivity index (χ4n) is 4.42. The van der Waals surface area contributed by atoms with Gasteiger partial charge in [-0.25, -0.2) is 13.8 Å². The van der Waals surface area contributed by atoms with Crippen molar-refractivity contribution in [3.05, 3.63) is 74.8 Å². The Hall–Kier alpha value is -4.30.